The van der Waals surface area contributed by atoms with Crippen LogP contribution in [0.3, 0.4) is 0 Å². The van der Waals surface area contributed by atoms with Crippen LogP contribution in [0.15, 0.2) is 23.3 Å². The smallest absolute Gasteiger partial charge is 0.191 e. The van der Waals surface area contributed by atoms with Gasteiger partial charge in [-0.2, -0.15) is 5.10 Å². The third kappa shape index (κ3) is 5.47. The SMILES string of the molecule is CCNC(=NCc1ccnc(N2CCN(C)CC2)c1)NCc1c(C)nn(C)c1C. The van der Waals surface area contributed by atoms with Crippen LogP contribution in [0.25, 0.3) is 0 Å². The van der Waals surface area contributed by atoms with Crippen LogP contribution in [0.1, 0.15) is 29.4 Å². The number of hydrogen-bond donors (Lipinski definition) is 2. The summed E-state index contributed by atoms with van der Waals surface area (Å²) in [6.07, 6.45) is 1.89. The van der Waals surface area contributed by atoms with Gasteiger partial charge in [0.05, 0.1) is 12.2 Å². The Morgan fingerprint density at radius 3 is 2.55 bits per heavy atom. The van der Waals surface area contributed by atoms with E-state index in [2.05, 4.69) is 57.5 Å². The summed E-state index contributed by atoms with van der Waals surface area (Å²) in [4.78, 5) is 14.0. The predicted octanol–water partition coefficient (Wildman–Crippen LogP) is 1.44. The molecular weight excluding hydrogens is 364 g/mol. The van der Waals surface area contributed by atoms with Crippen LogP contribution in [0.4, 0.5) is 5.82 Å². The molecule has 1 aliphatic heterocycles. The lowest BCUT2D eigenvalue weighted by molar-refractivity contribution is 0.312. The quantitative estimate of drug-likeness (QED) is 0.567. The van der Waals surface area contributed by atoms with E-state index >= 15 is 0 Å². The number of rotatable bonds is 6. The summed E-state index contributed by atoms with van der Waals surface area (Å²) in [5.41, 5.74) is 4.62. The minimum atomic E-state index is 0.615. The monoisotopic (exact) mass is 398 g/mol. The molecule has 1 aliphatic rings. The van der Waals surface area contributed by atoms with E-state index in [1.165, 1.54) is 16.8 Å². The van der Waals surface area contributed by atoms with E-state index in [1.807, 2.05) is 30.9 Å². The van der Waals surface area contributed by atoms with Gasteiger partial charge in [0.25, 0.3) is 0 Å². The molecule has 8 heteroatoms. The van der Waals surface area contributed by atoms with Crippen LogP contribution in [0, 0.1) is 13.8 Å². The molecule has 0 unspecified atom stereocenters. The third-order valence-corrected chi connectivity index (χ3v) is 5.49. The molecular formula is C21H34N8. The minimum absolute atomic E-state index is 0.615. The van der Waals surface area contributed by atoms with Crippen LogP contribution in [-0.4, -0.2) is 65.4 Å². The van der Waals surface area contributed by atoms with E-state index in [1.54, 1.807) is 0 Å². The Morgan fingerprint density at radius 1 is 1.14 bits per heavy atom. The maximum absolute atomic E-state index is 4.78. The first-order valence-corrected chi connectivity index (χ1v) is 10.4. The van der Waals surface area contributed by atoms with Crippen molar-refractivity contribution in [3.8, 4) is 0 Å². The molecule has 0 radical (unpaired) electrons. The molecule has 0 saturated carbocycles. The number of guanidine groups is 1. The zero-order chi connectivity index (χ0) is 20.8. The van der Waals surface area contributed by atoms with Gasteiger partial charge >= 0.3 is 0 Å². The van der Waals surface area contributed by atoms with Gasteiger partial charge in [-0.15, -0.1) is 0 Å². The van der Waals surface area contributed by atoms with Crippen molar-refractivity contribution in [3.05, 3.63) is 40.8 Å². The standard InChI is InChI=1S/C21H34N8/c1-6-22-21(25-15-19-16(2)26-28(5)17(19)3)24-14-18-7-8-23-20(13-18)29-11-9-27(4)10-12-29/h7-8,13H,6,9-12,14-15H2,1-5H3,(H2,22,24,25). The van der Waals surface area contributed by atoms with Crippen molar-refractivity contribution in [1.82, 2.24) is 30.3 Å². The molecule has 0 atom stereocenters. The van der Waals surface area contributed by atoms with Crippen molar-refractivity contribution in [1.29, 1.82) is 0 Å². The summed E-state index contributed by atoms with van der Waals surface area (Å²) in [6, 6.07) is 4.20. The van der Waals surface area contributed by atoms with Gasteiger partial charge < -0.3 is 20.4 Å². The summed E-state index contributed by atoms with van der Waals surface area (Å²) in [6.45, 7) is 12.5. The average molecular weight is 399 g/mol. The van der Waals surface area contributed by atoms with E-state index < -0.39 is 0 Å². The summed E-state index contributed by atoms with van der Waals surface area (Å²) in [7, 11) is 4.15. The number of aliphatic imine (C=N–C) groups is 1. The molecule has 2 aromatic rings. The Balaban J connectivity index is 1.64. The van der Waals surface area contributed by atoms with E-state index in [9.17, 15) is 0 Å². The molecule has 0 aliphatic carbocycles. The van der Waals surface area contributed by atoms with E-state index in [0.717, 1.165) is 50.2 Å². The Labute approximate surface area is 174 Å². The average Bonchev–Trinajstić information content (AvgIpc) is 2.96. The first-order chi connectivity index (χ1) is 14.0. The van der Waals surface area contributed by atoms with Crippen LogP contribution >= 0.6 is 0 Å². The number of hydrogen-bond acceptors (Lipinski definition) is 5. The van der Waals surface area contributed by atoms with Crippen molar-refractivity contribution in [2.75, 3.05) is 44.7 Å². The second kappa shape index (κ2) is 9.73. The van der Waals surface area contributed by atoms with Gasteiger partial charge in [-0.1, -0.05) is 0 Å². The number of aryl methyl sites for hydroxylation is 2. The molecule has 3 rings (SSSR count). The molecule has 0 bridgehead atoms. The molecule has 3 heterocycles. The molecule has 0 amide bonds. The first-order valence-electron chi connectivity index (χ1n) is 10.4. The van der Waals surface area contributed by atoms with Gasteiger partial charge in [-0.25, -0.2) is 9.98 Å². The van der Waals surface area contributed by atoms with Crippen LogP contribution < -0.4 is 15.5 Å². The molecule has 158 valence electrons. The fourth-order valence-electron chi connectivity index (χ4n) is 3.52. The predicted molar refractivity (Wildman–Crippen MR) is 118 cm³/mol. The van der Waals surface area contributed by atoms with Crippen molar-refractivity contribution < 1.29 is 0 Å². The highest BCUT2D eigenvalue weighted by Gasteiger charge is 2.15. The third-order valence-electron chi connectivity index (χ3n) is 5.49. The highest BCUT2D eigenvalue weighted by molar-refractivity contribution is 5.79. The highest BCUT2D eigenvalue weighted by Crippen LogP contribution is 2.15. The fraction of sp³-hybridized carbons (Fsp3) is 0.571. The minimum Gasteiger partial charge on any atom is -0.357 e. The molecule has 2 aromatic heterocycles. The zero-order valence-electron chi connectivity index (χ0n) is 18.4. The second-order valence-electron chi connectivity index (χ2n) is 7.63. The lowest BCUT2D eigenvalue weighted by atomic mass is 10.2. The second-order valence-corrected chi connectivity index (χ2v) is 7.63. The fourth-order valence-corrected chi connectivity index (χ4v) is 3.52. The van der Waals surface area contributed by atoms with E-state index in [-0.39, 0.29) is 0 Å². The lowest BCUT2D eigenvalue weighted by Crippen LogP contribution is -2.44. The summed E-state index contributed by atoms with van der Waals surface area (Å²) < 4.78 is 1.92. The van der Waals surface area contributed by atoms with E-state index in [4.69, 9.17) is 4.99 Å². The van der Waals surface area contributed by atoms with Crippen LogP contribution in [0.2, 0.25) is 0 Å². The van der Waals surface area contributed by atoms with Gasteiger partial charge in [0.2, 0.25) is 0 Å². The van der Waals surface area contributed by atoms with Gasteiger partial charge in [-0.05, 0) is 45.5 Å². The maximum Gasteiger partial charge on any atom is 0.191 e. The summed E-state index contributed by atoms with van der Waals surface area (Å²) in [5, 5.41) is 11.3. The number of nitrogens with zero attached hydrogens (tertiary/aromatic N) is 6. The van der Waals surface area contributed by atoms with Gasteiger partial charge in [-0.3, -0.25) is 4.68 Å². The number of aromatic nitrogens is 3. The molecule has 1 fully saturated rings. The molecule has 29 heavy (non-hydrogen) atoms. The number of pyridine rings is 1. The normalized spacial score (nSPS) is 15.6. The summed E-state index contributed by atoms with van der Waals surface area (Å²) >= 11 is 0. The Morgan fingerprint density at radius 2 is 1.90 bits per heavy atom. The Hall–Kier alpha value is -2.61. The molecule has 0 spiro atoms. The van der Waals surface area contributed by atoms with Gasteiger partial charge in [0.1, 0.15) is 5.82 Å². The molecule has 8 nitrogen and oxygen atoms in total. The Kier molecular flexibility index (Phi) is 7.09. The number of piperazine rings is 1. The van der Waals surface area contributed by atoms with Crippen LogP contribution in [0.5, 0.6) is 0 Å². The number of nitrogens with one attached hydrogen (secondary N) is 2. The topological polar surface area (TPSA) is 73.6 Å². The molecule has 2 N–H and O–H groups in total. The van der Waals surface area contributed by atoms with Crippen molar-refractivity contribution >= 4 is 11.8 Å². The maximum atomic E-state index is 4.78. The zero-order valence-corrected chi connectivity index (χ0v) is 18.4. The van der Waals surface area contributed by atoms with E-state index in [0.29, 0.717) is 13.1 Å². The Bertz CT molecular complexity index is 833. The summed E-state index contributed by atoms with van der Waals surface area (Å²) in [5.74, 6) is 1.86. The van der Waals surface area contributed by atoms with Crippen molar-refractivity contribution in [2.24, 2.45) is 12.0 Å². The lowest BCUT2D eigenvalue weighted by Gasteiger charge is -2.33. The van der Waals surface area contributed by atoms with Crippen LogP contribution in [-0.2, 0) is 20.1 Å². The molecule has 1 saturated heterocycles. The largest absolute Gasteiger partial charge is 0.357 e. The van der Waals surface area contributed by atoms with Gasteiger partial charge in [0.15, 0.2) is 5.96 Å². The van der Waals surface area contributed by atoms with Crippen molar-refractivity contribution in [3.63, 3.8) is 0 Å². The van der Waals surface area contributed by atoms with Gasteiger partial charge in [0, 0.05) is 63.8 Å². The molecule has 0 aromatic carbocycles. The highest BCUT2D eigenvalue weighted by atomic mass is 15.3. The first kappa shape index (κ1) is 21.1. The number of likely N-dealkylation sites (N-methyl/N-ethyl adjacent to an activating group) is 1. The number of anilines is 1. The van der Waals surface area contributed by atoms with Crippen molar-refractivity contribution in [2.45, 2.75) is 33.9 Å².